The van der Waals surface area contributed by atoms with E-state index in [0.29, 0.717) is 10.7 Å². The predicted octanol–water partition coefficient (Wildman–Crippen LogP) is 3.38. The third-order valence-electron chi connectivity index (χ3n) is 1.53. The van der Waals surface area contributed by atoms with Gasteiger partial charge in [0.2, 0.25) is 0 Å². The standard InChI is InChI=1S/C9H12ClNS2/c1-12-4-5-13-7-2-3-9(11)8(10)6-7/h2-3,6H,4-5,11H2,1H3. The highest BCUT2D eigenvalue weighted by Gasteiger charge is 1.98. The lowest BCUT2D eigenvalue weighted by atomic mass is 10.3. The van der Waals surface area contributed by atoms with Crippen molar-refractivity contribution in [3.63, 3.8) is 0 Å². The zero-order valence-corrected chi connectivity index (χ0v) is 9.81. The van der Waals surface area contributed by atoms with Crippen LogP contribution in [0.15, 0.2) is 23.1 Å². The van der Waals surface area contributed by atoms with E-state index in [-0.39, 0.29) is 0 Å². The minimum absolute atomic E-state index is 0.647. The molecule has 0 saturated heterocycles. The van der Waals surface area contributed by atoms with Gasteiger partial charge in [-0.1, -0.05) is 11.6 Å². The molecule has 0 unspecified atom stereocenters. The second-order valence-corrected chi connectivity index (χ2v) is 5.09. The van der Waals surface area contributed by atoms with Crippen molar-refractivity contribution in [1.29, 1.82) is 0 Å². The summed E-state index contributed by atoms with van der Waals surface area (Å²) in [5, 5.41) is 0.647. The molecule has 1 aromatic carbocycles. The van der Waals surface area contributed by atoms with Gasteiger partial charge in [0, 0.05) is 16.4 Å². The molecule has 0 fully saturated rings. The molecule has 0 saturated carbocycles. The molecule has 13 heavy (non-hydrogen) atoms. The Bertz CT molecular complexity index is 278. The fourth-order valence-corrected chi connectivity index (χ4v) is 2.69. The van der Waals surface area contributed by atoms with Gasteiger partial charge >= 0.3 is 0 Å². The fourth-order valence-electron chi connectivity index (χ4n) is 0.840. The number of rotatable bonds is 4. The molecule has 0 atom stereocenters. The number of anilines is 1. The molecule has 2 N–H and O–H groups in total. The second-order valence-electron chi connectivity index (χ2n) is 2.52. The first kappa shape index (κ1) is 11.1. The monoisotopic (exact) mass is 233 g/mol. The Morgan fingerprint density at radius 1 is 1.38 bits per heavy atom. The van der Waals surface area contributed by atoms with E-state index in [9.17, 15) is 0 Å². The van der Waals surface area contributed by atoms with Crippen molar-refractivity contribution < 1.29 is 0 Å². The summed E-state index contributed by atoms with van der Waals surface area (Å²) in [6.45, 7) is 0. The van der Waals surface area contributed by atoms with Crippen LogP contribution in [-0.4, -0.2) is 17.8 Å². The SMILES string of the molecule is CSCCSc1ccc(N)c(Cl)c1. The highest BCUT2D eigenvalue weighted by atomic mass is 35.5. The molecule has 0 spiro atoms. The molecule has 1 rings (SSSR count). The number of halogens is 1. The molecular formula is C9H12ClNS2. The first-order valence-electron chi connectivity index (χ1n) is 3.91. The smallest absolute Gasteiger partial charge is 0.0646 e. The van der Waals surface area contributed by atoms with E-state index in [4.69, 9.17) is 17.3 Å². The molecule has 0 amide bonds. The van der Waals surface area contributed by atoms with E-state index < -0.39 is 0 Å². The van der Waals surface area contributed by atoms with Crippen LogP contribution < -0.4 is 5.73 Å². The fraction of sp³-hybridized carbons (Fsp3) is 0.333. The van der Waals surface area contributed by atoms with Crippen LogP contribution in [0.4, 0.5) is 5.69 Å². The average molecular weight is 234 g/mol. The van der Waals surface area contributed by atoms with Crippen molar-refractivity contribution >= 4 is 40.8 Å². The molecule has 0 aliphatic carbocycles. The van der Waals surface area contributed by atoms with Gasteiger partial charge in [-0.3, -0.25) is 0 Å². The Morgan fingerprint density at radius 2 is 2.15 bits per heavy atom. The van der Waals surface area contributed by atoms with Crippen LogP contribution >= 0.6 is 35.1 Å². The number of nitrogen functional groups attached to an aromatic ring is 1. The van der Waals surface area contributed by atoms with Crippen molar-refractivity contribution in [3.8, 4) is 0 Å². The zero-order chi connectivity index (χ0) is 9.68. The van der Waals surface area contributed by atoms with Crippen LogP contribution in [0, 0.1) is 0 Å². The van der Waals surface area contributed by atoms with Crippen LogP contribution in [0.2, 0.25) is 5.02 Å². The average Bonchev–Trinajstić information content (AvgIpc) is 2.12. The van der Waals surface area contributed by atoms with Crippen LogP contribution in [0.25, 0.3) is 0 Å². The Labute approximate surface area is 92.4 Å². The molecule has 0 aliphatic rings. The van der Waals surface area contributed by atoms with E-state index >= 15 is 0 Å². The summed E-state index contributed by atoms with van der Waals surface area (Å²) >= 11 is 9.54. The predicted molar refractivity (Wildman–Crippen MR) is 65.0 cm³/mol. The number of hydrogen-bond acceptors (Lipinski definition) is 3. The third-order valence-corrected chi connectivity index (χ3v) is 3.72. The van der Waals surface area contributed by atoms with Crippen LogP contribution in [0.5, 0.6) is 0 Å². The van der Waals surface area contributed by atoms with Crippen molar-refractivity contribution in [1.82, 2.24) is 0 Å². The van der Waals surface area contributed by atoms with Gasteiger partial charge in [0.05, 0.1) is 10.7 Å². The molecule has 72 valence electrons. The van der Waals surface area contributed by atoms with E-state index in [1.54, 1.807) is 0 Å². The lowest BCUT2D eigenvalue weighted by molar-refractivity contribution is 1.44. The molecule has 0 aromatic heterocycles. The van der Waals surface area contributed by atoms with E-state index in [0.717, 1.165) is 11.5 Å². The van der Waals surface area contributed by atoms with Gasteiger partial charge in [0.1, 0.15) is 0 Å². The molecule has 0 heterocycles. The van der Waals surface area contributed by atoms with Crippen LogP contribution in [0.1, 0.15) is 0 Å². The van der Waals surface area contributed by atoms with E-state index in [1.807, 2.05) is 41.7 Å². The van der Waals surface area contributed by atoms with Crippen molar-refractivity contribution in [2.45, 2.75) is 4.90 Å². The molecule has 1 aromatic rings. The number of benzene rings is 1. The van der Waals surface area contributed by atoms with Gasteiger partial charge in [-0.15, -0.1) is 11.8 Å². The third kappa shape index (κ3) is 3.71. The Morgan fingerprint density at radius 3 is 2.77 bits per heavy atom. The van der Waals surface area contributed by atoms with Gasteiger partial charge in [-0.25, -0.2) is 0 Å². The summed E-state index contributed by atoms with van der Waals surface area (Å²) in [7, 11) is 0. The maximum absolute atomic E-state index is 5.88. The quantitative estimate of drug-likeness (QED) is 0.491. The molecule has 4 heteroatoms. The van der Waals surface area contributed by atoms with Gasteiger partial charge in [0.25, 0.3) is 0 Å². The lowest BCUT2D eigenvalue weighted by Gasteiger charge is -2.02. The summed E-state index contributed by atoms with van der Waals surface area (Å²) in [6, 6.07) is 5.78. The number of hydrogen-bond donors (Lipinski definition) is 1. The Hall–Kier alpha value is 0.01000. The van der Waals surface area contributed by atoms with Crippen LogP contribution in [-0.2, 0) is 0 Å². The number of nitrogens with two attached hydrogens (primary N) is 1. The lowest BCUT2D eigenvalue weighted by Crippen LogP contribution is -1.87. The minimum atomic E-state index is 0.647. The van der Waals surface area contributed by atoms with Gasteiger partial charge in [-0.2, -0.15) is 11.8 Å². The topological polar surface area (TPSA) is 26.0 Å². The highest BCUT2D eigenvalue weighted by Crippen LogP contribution is 2.26. The van der Waals surface area contributed by atoms with Gasteiger partial charge in [-0.05, 0) is 24.5 Å². The van der Waals surface area contributed by atoms with Gasteiger partial charge < -0.3 is 5.73 Å². The molecule has 0 aliphatic heterocycles. The molecule has 0 radical (unpaired) electrons. The molecular weight excluding hydrogens is 222 g/mol. The highest BCUT2D eigenvalue weighted by molar-refractivity contribution is 8.02. The van der Waals surface area contributed by atoms with Crippen molar-refractivity contribution in [2.24, 2.45) is 0 Å². The Balaban J connectivity index is 2.53. The molecule has 0 bridgehead atoms. The summed E-state index contributed by atoms with van der Waals surface area (Å²) < 4.78 is 0. The summed E-state index contributed by atoms with van der Waals surface area (Å²) in [5.74, 6) is 2.27. The minimum Gasteiger partial charge on any atom is -0.398 e. The van der Waals surface area contributed by atoms with Crippen molar-refractivity contribution in [3.05, 3.63) is 23.2 Å². The van der Waals surface area contributed by atoms with Crippen molar-refractivity contribution in [2.75, 3.05) is 23.5 Å². The largest absolute Gasteiger partial charge is 0.398 e. The van der Waals surface area contributed by atoms with E-state index in [2.05, 4.69) is 6.26 Å². The first-order chi connectivity index (χ1) is 6.24. The summed E-state index contributed by atoms with van der Waals surface area (Å²) in [4.78, 5) is 1.19. The first-order valence-corrected chi connectivity index (χ1v) is 6.66. The van der Waals surface area contributed by atoms with E-state index in [1.165, 1.54) is 4.90 Å². The number of thioether (sulfide) groups is 2. The Kier molecular flexibility index (Phi) is 4.84. The summed E-state index contributed by atoms with van der Waals surface area (Å²) in [6.07, 6.45) is 2.11. The van der Waals surface area contributed by atoms with Crippen LogP contribution in [0.3, 0.4) is 0 Å². The second kappa shape index (κ2) is 5.68. The normalized spacial score (nSPS) is 10.3. The summed E-state index contributed by atoms with van der Waals surface area (Å²) in [5.41, 5.74) is 6.25. The maximum atomic E-state index is 5.88. The van der Waals surface area contributed by atoms with Gasteiger partial charge in [0.15, 0.2) is 0 Å². The maximum Gasteiger partial charge on any atom is 0.0646 e. The zero-order valence-electron chi connectivity index (χ0n) is 7.42. The molecule has 1 nitrogen and oxygen atoms in total.